The minimum Gasteiger partial charge on any atom is -0.369 e. The Hall–Kier alpha value is -0.860. The Morgan fingerprint density at radius 2 is 1.83 bits per heavy atom. The van der Waals surface area contributed by atoms with Gasteiger partial charge in [-0.2, -0.15) is 0 Å². The maximum Gasteiger partial charge on any atom is 0.0952 e. The third-order valence-electron chi connectivity index (χ3n) is 3.88. The van der Waals surface area contributed by atoms with Crippen LogP contribution in [0.5, 0.6) is 0 Å². The van der Waals surface area contributed by atoms with Gasteiger partial charge < -0.3 is 10.1 Å². The molecule has 1 N–H and O–H groups in total. The van der Waals surface area contributed by atoms with Crippen LogP contribution in [0.2, 0.25) is 0 Å². The summed E-state index contributed by atoms with van der Waals surface area (Å²) in [5, 5.41) is 3.24. The summed E-state index contributed by atoms with van der Waals surface area (Å²) in [4.78, 5) is 0. The number of hydrogen-bond acceptors (Lipinski definition) is 2. The first-order valence-corrected chi connectivity index (χ1v) is 7.14. The van der Waals surface area contributed by atoms with E-state index in [1.807, 2.05) is 7.05 Å². The SMILES string of the molecule is CNCC(OC1CCC(C)CC1)c1ccccc1. The van der Waals surface area contributed by atoms with Crippen LogP contribution in [0.25, 0.3) is 0 Å². The molecule has 1 aliphatic rings. The average Bonchev–Trinajstić information content (AvgIpc) is 2.42. The minimum absolute atomic E-state index is 0.189. The predicted octanol–water partition coefficient (Wildman–Crippen LogP) is 3.54. The van der Waals surface area contributed by atoms with Crippen molar-refractivity contribution in [3.8, 4) is 0 Å². The van der Waals surface area contributed by atoms with E-state index in [9.17, 15) is 0 Å². The lowest BCUT2D eigenvalue weighted by Gasteiger charge is -2.30. The Morgan fingerprint density at radius 1 is 1.17 bits per heavy atom. The number of likely N-dealkylation sites (N-methyl/N-ethyl adjacent to an activating group) is 1. The molecule has 1 unspecified atom stereocenters. The molecule has 0 aliphatic heterocycles. The van der Waals surface area contributed by atoms with Crippen molar-refractivity contribution >= 4 is 0 Å². The standard InChI is InChI=1S/C16H25NO/c1-13-8-10-15(11-9-13)18-16(12-17-2)14-6-4-3-5-7-14/h3-7,13,15-17H,8-12H2,1-2H3. The fourth-order valence-corrected chi connectivity index (χ4v) is 2.70. The first-order valence-electron chi connectivity index (χ1n) is 7.14. The summed E-state index contributed by atoms with van der Waals surface area (Å²) in [6.45, 7) is 3.23. The number of hydrogen-bond donors (Lipinski definition) is 1. The van der Waals surface area contributed by atoms with Crippen molar-refractivity contribution in [2.75, 3.05) is 13.6 Å². The van der Waals surface area contributed by atoms with E-state index in [1.165, 1.54) is 31.2 Å². The lowest BCUT2D eigenvalue weighted by molar-refractivity contribution is -0.0355. The van der Waals surface area contributed by atoms with Crippen LogP contribution in [0.4, 0.5) is 0 Å². The van der Waals surface area contributed by atoms with Crippen LogP contribution in [-0.2, 0) is 4.74 Å². The summed E-state index contributed by atoms with van der Waals surface area (Å²) in [6, 6.07) is 10.6. The molecule has 100 valence electrons. The van der Waals surface area contributed by atoms with Gasteiger partial charge >= 0.3 is 0 Å². The van der Waals surface area contributed by atoms with Gasteiger partial charge in [-0.05, 0) is 44.2 Å². The molecule has 0 spiro atoms. The molecule has 2 nitrogen and oxygen atoms in total. The molecule has 0 amide bonds. The van der Waals surface area contributed by atoms with Crippen molar-refractivity contribution in [1.82, 2.24) is 5.32 Å². The van der Waals surface area contributed by atoms with Crippen LogP contribution in [0.1, 0.15) is 44.3 Å². The van der Waals surface area contributed by atoms with Gasteiger partial charge in [0.15, 0.2) is 0 Å². The van der Waals surface area contributed by atoms with Crippen molar-refractivity contribution < 1.29 is 4.74 Å². The van der Waals surface area contributed by atoms with Gasteiger partial charge in [-0.3, -0.25) is 0 Å². The van der Waals surface area contributed by atoms with Gasteiger partial charge in [0.25, 0.3) is 0 Å². The fourth-order valence-electron chi connectivity index (χ4n) is 2.70. The van der Waals surface area contributed by atoms with E-state index >= 15 is 0 Å². The molecule has 18 heavy (non-hydrogen) atoms. The van der Waals surface area contributed by atoms with Crippen molar-refractivity contribution in [2.24, 2.45) is 5.92 Å². The lowest BCUT2D eigenvalue weighted by Crippen LogP contribution is -2.27. The Bertz CT molecular complexity index is 330. The molecule has 1 aromatic rings. The van der Waals surface area contributed by atoms with Crippen molar-refractivity contribution in [3.63, 3.8) is 0 Å². The zero-order chi connectivity index (χ0) is 12.8. The van der Waals surface area contributed by atoms with E-state index in [1.54, 1.807) is 0 Å². The molecule has 0 radical (unpaired) electrons. The van der Waals surface area contributed by atoms with Crippen LogP contribution in [-0.4, -0.2) is 19.7 Å². The van der Waals surface area contributed by atoms with Crippen LogP contribution < -0.4 is 5.32 Å². The second kappa shape index (κ2) is 6.91. The van der Waals surface area contributed by atoms with Crippen molar-refractivity contribution in [3.05, 3.63) is 35.9 Å². The van der Waals surface area contributed by atoms with Gasteiger partial charge in [-0.25, -0.2) is 0 Å². The zero-order valence-electron chi connectivity index (χ0n) is 11.6. The summed E-state index contributed by atoms with van der Waals surface area (Å²) in [5.41, 5.74) is 1.28. The van der Waals surface area contributed by atoms with Gasteiger partial charge in [0.05, 0.1) is 12.2 Å². The van der Waals surface area contributed by atoms with Gasteiger partial charge in [0.1, 0.15) is 0 Å². The summed E-state index contributed by atoms with van der Waals surface area (Å²) in [5.74, 6) is 0.879. The van der Waals surface area contributed by atoms with Gasteiger partial charge in [-0.1, -0.05) is 37.3 Å². The maximum absolute atomic E-state index is 6.30. The molecule has 1 fully saturated rings. The third-order valence-corrected chi connectivity index (χ3v) is 3.88. The normalized spacial score (nSPS) is 25.9. The van der Waals surface area contributed by atoms with Crippen LogP contribution in [0.15, 0.2) is 30.3 Å². The molecule has 1 atom stereocenters. The van der Waals surface area contributed by atoms with Crippen molar-refractivity contribution in [1.29, 1.82) is 0 Å². The second-order valence-electron chi connectivity index (χ2n) is 5.47. The van der Waals surface area contributed by atoms with Gasteiger partial charge in [0.2, 0.25) is 0 Å². The molecule has 1 aromatic carbocycles. The lowest BCUT2D eigenvalue weighted by atomic mass is 9.89. The third kappa shape index (κ3) is 3.82. The number of rotatable bonds is 5. The summed E-state index contributed by atoms with van der Waals surface area (Å²) in [6.07, 6.45) is 5.69. The van der Waals surface area contributed by atoms with E-state index in [0.29, 0.717) is 6.10 Å². The Labute approximate surface area is 111 Å². The van der Waals surface area contributed by atoms with E-state index in [0.717, 1.165) is 12.5 Å². The van der Waals surface area contributed by atoms with E-state index in [4.69, 9.17) is 4.74 Å². The van der Waals surface area contributed by atoms with E-state index < -0.39 is 0 Å². The fraction of sp³-hybridized carbons (Fsp3) is 0.625. The molecule has 1 aliphatic carbocycles. The van der Waals surface area contributed by atoms with Crippen LogP contribution in [0.3, 0.4) is 0 Å². The average molecular weight is 247 g/mol. The molecule has 0 bridgehead atoms. The highest BCUT2D eigenvalue weighted by Crippen LogP contribution is 2.29. The van der Waals surface area contributed by atoms with Crippen molar-refractivity contribution in [2.45, 2.75) is 44.8 Å². The van der Waals surface area contributed by atoms with Gasteiger partial charge in [0, 0.05) is 6.54 Å². The highest BCUT2D eigenvalue weighted by atomic mass is 16.5. The molecule has 0 saturated heterocycles. The summed E-state index contributed by atoms with van der Waals surface area (Å²) in [7, 11) is 1.99. The number of ether oxygens (including phenoxy) is 1. The molecule has 0 heterocycles. The van der Waals surface area contributed by atoms with E-state index in [-0.39, 0.29) is 6.10 Å². The zero-order valence-corrected chi connectivity index (χ0v) is 11.6. The first kappa shape index (κ1) is 13.6. The minimum atomic E-state index is 0.189. The largest absolute Gasteiger partial charge is 0.369 e. The first-order chi connectivity index (χ1) is 8.79. The molecule has 1 saturated carbocycles. The molecular formula is C16H25NO. The molecule has 0 aromatic heterocycles. The van der Waals surface area contributed by atoms with Crippen LogP contribution >= 0.6 is 0 Å². The predicted molar refractivity (Wildman–Crippen MR) is 75.6 cm³/mol. The molecular weight excluding hydrogens is 222 g/mol. The quantitative estimate of drug-likeness (QED) is 0.859. The number of nitrogens with one attached hydrogen (secondary N) is 1. The number of benzene rings is 1. The smallest absolute Gasteiger partial charge is 0.0952 e. The maximum atomic E-state index is 6.30. The molecule has 2 heteroatoms. The Kier molecular flexibility index (Phi) is 5.21. The Morgan fingerprint density at radius 3 is 2.44 bits per heavy atom. The second-order valence-corrected chi connectivity index (χ2v) is 5.47. The van der Waals surface area contributed by atoms with E-state index in [2.05, 4.69) is 42.6 Å². The highest BCUT2D eigenvalue weighted by molar-refractivity contribution is 5.18. The van der Waals surface area contributed by atoms with Gasteiger partial charge in [-0.15, -0.1) is 0 Å². The topological polar surface area (TPSA) is 21.3 Å². The Balaban J connectivity index is 1.94. The highest BCUT2D eigenvalue weighted by Gasteiger charge is 2.22. The summed E-state index contributed by atoms with van der Waals surface area (Å²) < 4.78 is 6.30. The summed E-state index contributed by atoms with van der Waals surface area (Å²) >= 11 is 0. The monoisotopic (exact) mass is 247 g/mol. The van der Waals surface area contributed by atoms with Crippen LogP contribution in [0, 0.1) is 5.92 Å². The molecule has 2 rings (SSSR count).